The van der Waals surface area contributed by atoms with Gasteiger partial charge in [0.05, 0.1) is 0 Å². The highest BCUT2D eigenvalue weighted by Gasteiger charge is 2.35. The van der Waals surface area contributed by atoms with E-state index >= 15 is 0 Å². The van der Waals surface area contributed by atoms with E-state index in [9.17, 15) is 8.78 Å². The fraction of sp³-hybridized carbons (Fsp3) is 0.625. The van der Waals surface area contributed by atoms with Crippen molar-refractivity contribution in [1.29, 1.82) is 0 Å². The lowest BCUT2D eigenvalue weighted by Crippen LogP contribution is -2.36. The molecule has 2 N–H and O–H groups in total. The van der Waals surface area contributed by atoms with E-state index in [4.69, 9.17) is 5.73 Å². The van der Waals surface area contributed by atoms with E-state index in [-0.39, 0.29) is 12.2 Å². The predicted molar refractivity (Wildman–Crippen MR) is 76.6 cm³/mol. The Hall–Kier alpha value is -1.16. The van der Waals surface area contributed by atoms with Crippen LogP contribution < -0.4 is 10.6 Å². The normalized spacial score (nSPS) is 23.8. The summed E-state index contributed by atoms with van der Waals surface area (Å²) in [5, 5.41) is 0. The first-order valence-electron chi connectivity index (χ1n) is 7.65. The molecule has 20 heavy (non-hydrogen) atoms. The summed E-state index contributed by atoms with van der Waals surface area (Å²) in [7, 11) is 0. The Balaban J connectivity index is 1.91. The Morgan fingerprint density at radius 1 is 1.05 bits per heavy atom. The molecule has 0 aromatic heterocycles. The number of rotatable bonds is 3. The van der Waals surface area contributed by atoms with Crippen molar-refractivity contribution in [2.45, 2.75) is 51.1 Å². The number of hydrogen-bond acceptors (Lipinski definition) is 2. The molecule has 1 saturated heterocycles. The molecular weight excluding hydrogens is 258 g/mol. The van der Waals surface area contributed by atoms with Crippen LogP contribution in [0.15, 0.2) is 12.1 Å². The van der Waals surface area contributed by atoms with Crippen LogP contribution in [-0.4, -0.2) is 12.6 Å². The molecule has 2 fully saturated rings. The standard InChI is InChI=1S/C16H22F2N2/c17-13-8-11(10-19)9-14(18)16(13)20-7-3-6-15(20)12-4-1-2-5-12/h8-9,12,15H,1-7,10,19H2. The molecule has 0 amide bonds. The minimum Gasteiger partial charge on any atom is -0.364 e. The monoisotopic (exact) mass is 280 g/mol. The van der Waals surface area contributed by atoms with Gasteiger partial charge in [0, 0.05) is 19.1 Å². The van der Waals surface area contributed by atoms with Gasteiger partial charge in [-0.15, -0.1) is 0 Å². The molecule has 4 heteroatoms. The molecule has 1 saturated carbocycles. The molecule has 1 aromatic rings. The molecule has 2 aliphatic rings. The van der Waals surface area contributed by atoms with E-state index in [0.717, 1.165) is 19.4 Å². The topological polar surface area (TPSA) is 29.3 Å². The molecule has 3 rings (SSSR count). The largest absolute Gasteiger partial charge is 0.364 e. The number of nitrogens with zero attached hydrogens (tertiary/aromatic N) is 1. The molecule has 2 nitrogen and oxygen atoms in total. The summed E-state index contributed by atoms with van der Waals surface area (Å²) in [5.41, 5.74) is 6.15. The van der Waals surface area contributed by atoms with Gasteiger partial charge in [-0.3, -0.25) is 0 Å². The maximum absolute atomic E-state index is 14.3. The summed E-state index contributed by atoms with van der Waals surface area (Å²) in [5.74, 6) is -0.323. The van der Waals surface area contributed by atoms with Crippen LogP contribution in [0, 0.1) is 17.6 Å². The lowest BCUT2D eigenvalue weighted by Gasteiger charge is -2.32. The Labute approximate surface area is 118 Å². The fourth-order valence-corrected chi connectivity index (χ4v) is 3.91. The molecule has 0 bridgehead atoms. The average molecular weight is 280 g/mol. The Morgan fingerprint density at radius 3 is 2.30 bits per heavy atom. The molecular formula is C16H22F2N2. The van der Waals surface area contributed by atoms with Crippen LogP contribution in [0.3, 0.4) is 0 Å². The van der Waals surface area contributed by atoms with Gasteiger partial charge in [-0.25, -0.2) is 8.78 Å². The summed E-state index contributed by atoms with van der Waals surface area (Å²) in [6.45, 7) is 0.928. The summed E-state index contributed by atoms with van der Waals surface area (Å²) in [6.07, 6.45) is 7.00. The van der Waals surface area contributed by atoms with Gasteiger partial charge in [-0.1, -0.05) is 12.8 Å². The summed E-state index contributed by atoms with van der Waals surface area (Å²) in [4.78, 5) is 1.97. The predicted octanol–water partition coefficient (Wildman–Crippen LogP) is 3.58. The molecule has 1 unspecified atom stereocenters. The third-order valence-corrected chi connectivity index (χ3v) is 4.84. The van der Waals surface area contributed by atoms with Crippen LogP contribution in [0.5, 0.6) is 0 Å². The number of anilines is 1. The van der Waals surface area contributed by atoms with E-state index in [1.54, 1.807) is 0 Å². The second-order valence-corrected chi connectivity index (χ2v) is 6.06. The summed E-state index contributed by atoms with van der Waals surface area (Å²) >= 11 is 0. The van der Waals surface area contributed by atoms with E-state index < -0.39 is 11.6 Å². The van der Waals surface area contributed by atoms with Gasteiger partial charge in [0.15, 0.2) is 0 Å². The second-order valence-electron chi connectivity index (χ2n) is 6.06. The molecule has 1 aliphatic heterocycles. The zero-order valence-electron chi connectivity index (χ0n) is 11.7. The van der Waals surface area contributed by atoms with Crippen molar-refractivity contribution >= 4 is 5.69 Å². The van der Waals surface area contributed by atoms with Gasteiger partial charge in [-0.05, 0) is 49.3 Å². The maximum Gasteiger partial charge on any atom is 0.149 e. The van der Waals surface area contributed by atoms with Gasteiger partial charge >= 0.3 is 0 Å². The van der Waals surface area contributed by atoms with Crippen molar-refractivity contribution in [2.24, 2.45) is 11.7 Å². The molecule has 0 radical (unpaired) electrons. The molecule has 1 aromatic carbocycles. The number of nitrogens with two attached hydrogens (primary N) is 1. The molecule has 1 atom stereocenters. The Kier molecular flexibility index (Phi) is 3.92. The smallest absolute Gasteiger partial charge is 0.149 e. The van der Waals surface area contributed by atoms with E-state index in [1.807, 2.05) is 4.90 Å². The van der Waals surface area contributed by atoms with Crippen molar-refractivity contribution in [1.82, 2.24) is 0 Å². The highest BCUT2D eigenvalue weighted by Crippen LogP contribution is 2.39. The first-order chi connectivity index (χ1) is 9.70. The van der Waals surface area contributed by atoms with E-state index in [0.29, 0.717) is 17.5 Å². The van der Waals surface area contributed by atoms with E-state index in [1.165, 1.54) is 37.8 Å². The second kappa shape index (κ2) is 5.68. The molecule has 0 spiro atoms. The highest BCUT2D eigenvalue weighted by atomic mass is 19.1. The van der Waals surface area contributed by atoms with Gasteiger partial charge in [-0.2, -0.15) is 0 Å². The summed E-state index contributed by atoms with van der Waals surface area (Å²) < 4.78 is 28.5. The number of benzene rings is 1. The number of halogens is 2. The van der Waals surface area contributed by atoms with Crippen LogP contribution in [0.2, 0.25) is 0 Å². The number of hydrogen-bond donors (Lipinski definition) is 1. The zero-order chi connectivity index (χ0) is 14.1. The lowest BCUT2D eigenvalue weighted by atomic mass is 9.95. The van der Waals surface area contributed by atoms with Crippen LogP contribution in [0.4, 0.5) is 14.5 Å². The van der Waals surface area contributed by atoms with Crippen molar-refractivity contribution < 1.29 is 8.78 Å². The van der Waals surface area contributed by atoms with Crippen molar-refractivity contribution in [3.05, 3.63) is 29.3 Å². The third kappa shape index (κ3) is 2.41. The minimum absolute atomic E-state index is 0.164. The Morgan fingerprint density at radius 2 is 1.70 bits per heavy atom. The first kappa shape index (κ1) is 13.8. The lowest BCUT2D eigenvalue weighted by molar-refractivity contribution is 0.423. The fourth-order valence-electron chi connectivity index (χ4n) is 3.91. The Bertz CT molecular complexity index is 460. The molecule has 1 heterocycles. The van der Waals surface area contributed by atoms with Crippen molar-refractivity contribution in [3.8, 4) is 0 Å². The van der Waals surface area contributed by atoms with Crippen LogP contribution in [0.1, 0.15) is 44.1 Å². The molecule has 110 valence electrons. The van der Waals surface area contributed by atoms with Gasteiger partial charge < -0.3 is 10.6 Å². The van der Waals surface area contributed by atoms with Crippen LogP contribution >= 0.6 is 0 Å². The van der Waals surface area contributed by atoms with Crippen molar-refractivity contribution in [3.63, 3.8) is 0 Å². The zero-order valence-corrected chi connectivity index (χ0v) is 11.7. The minimum atomic E-state index is -0.463. The first-order valence-corrected chi connectivity index (χ1v) is 7.65. The third-order valence-electron chi connectivity index (χ3n) is 4.84. The van der Waals surface area contributed by atoms with E-state index in [2.05, 4.69) is 0 Å². The van der Waals surface area contributed by atoms with Crippen LogP contribution in [-0.2, 0) is 6.54 Å². The summed E-state index contributed by atoms with van der Waals surface area (Å²) in [6, 6.07) is 3.07. The molecule has 1 aliphatic carbocycles. The van der Waals surface area contributed by atoms with Gasteiger partial charge in [0.1, 0.15) is 17.3 Å². The highest BCUT2D eigenvalue weighted by molar-refractivity contribution is 5.52. The van der Waals surface area contributed by atoms with Gasteiger partial charge in [0.25, 0.3) is 0 Å². The van der Waals surface area contributed by atoms with Crippen LogP contribution in [0.25, 0.3) is 0 Å². The maximum atomic E-state index is 14.3. The van der Waals surface area contributed by atoms with Crippen molar-refractivity contribution in [2.75, 3.05) is 11.4 Å². The average Bonchev–Trinajstić information content (AvgIpc) is 3.07. The quantitative estimate of drug-likeness (QED) is 0.917. The SMILES string of the molecule is NCc1cc(F)c(N2CCCC2C2CCCC2)c(F)c1. The van der Waals surface area contributed by atoms with Gasteiger partial charge in [0.2, 0.25) is 0 Å².